The number of nitrogens with zero attached hydrogens (tertiary/aromatic N) is 1. The van der Waals surface area contributed by atoms with Crippen LogP contribution in [0.2, 0.25) is 0 Å². The van der Waals surface area contributed by atoms with Crippen molar-refractivity contribution in [2.45, 2.75) is 6.61 Å². The van der Waals surface area contributed by atoms with E-state index in [1.807, 2.05) is 12.1 Å². The first-order chi connectivity index (χ1) is 4.93. The van der Waals surface area contributed by atoms with Crippen LogP contribution in [0.4, 0.5) is 0 Å². The highest BCUT2D eigenvalue weighted by atomic mass is 16.3. The summed E-state index contributed by atoms with van der Waals surface area (Å²) in [6, 6.07) is 5.44. The number of hydrogen-bond donors (Lipinski definition) is 1. The molecule has 2 heteroatoms. The average Bonchev–Trinajstić information content (AvgIpc) is 2.10. The smallest absolute Gasteiger partial charge is 0.0852 e. The summed E-state index contributed by atoms with van der Waals surface area (Å²) in [7, 11) is 0. The molecular formula is C8H11NO. The van der Waals surface area contributed by atoms with Crippen LogP contribution in [0, 0.1) is 0 Å². The predicted octanol–water partition coefficient (Wildman–Crippen LogP) is 1.38. The van der Waals surface area contributed by atoms with E-state index in [2.05, 4.69) is 18.1 Å². The van der Waals surface area contributed by atoms with Crippen LogP contribution >= 0.6 is 0 Å². The third kappa shape index (κ3) is 2.99. The van der Waals surface area contributed by atoms with Gasteiger partial charge in [0.2, 0.25) is 0 Å². The molecule has 0 radical (unpaired) electrons. The Hall–Kier alpha value is -1.15. The van der Waals surface area contributed by atoms with Gasteiger partial charge in [-0.25, -0.2) is 0 Å². The molecule has 0 aliphatic rings. The lowest BCUT2D eigenvalue weighted by atomic mass is 10.4. The van der Waals surface area contributed by atoms with Gasteiger partial charge < -0.3 is 5.11 Å². The molecule has 0 amide bonds. The van der Waals surface area contributed by atoms with Gasteiger partial charge in [-0.2, -0.15) is 0 Å². The first kappa shape index (κ1) is 8.85. The van der Waals surface area contributed by atoms with Crippen molar-refractivity contribution in [3.05, 3.63) is 43.2 Å². The number of aliphatic hydroxyl groups excluding tert-OH is 1. The summed E-state index contributed by atoms with van der Waals surface area (Å²) < 4.78 is 0. The minimum atomic E-state index is 0.0286. The van der Waals surface area contributed by atoms with Crippen molar-refractivity contribution in [1.82, 2.24) is 4.98 Å². The molecule has 0 saturated carbocycles. The summed E-state index contributed by atoms with van der Waals surface area (Å²) in [6.45, 7) is 6.03. The van der Waals surface area contributed by atoms with Crippen LogP contribution in [-0.4, -0.2) is 10.1 Å². The Morgan fingerprint density at radius 1 is 1.40 bits per heavy atom. The first-order valence-electron chi connectivity index (χ1n) is 2.94. The zero-order valence-corrected chi connectivity index (χ0v) is 5.83. The molecular weight excluding hydrogens is 126 g/mol. The zero-order chi connectivity index (χ0) is 7.82. The highest BCUT2D eigenvalue weighted by molar-refractivity contribution is 5.01. The van der Waals surface area contributed by atoms with Crippen molar-refractivity contribution < 1.29 is 5.11 Å². The van der Waals surface area contributed by atoms with Gasteiger partial charge in [-0.05, 0) is 12.1 Å². The Morgan fingerprint density at radius 3 is 2.40 bits per heavy atom. The van der Waals surface area contributed by atoms with Gasteiger partial charge in [0.05, 0.1) is 12.3 Å². The molecule has 0 spiro atoms. The van der Waals surface area contributed by atoms with Crippen LogP contribution < -0.4 is 0 Å². The van der Waals surface area contributed by atoms with Gasteiger partial charge in [-0.1, -0.05) is 6.07 Å². The van der Waals surface area contributed by atoms with Crippen molar-refractivity contribution in [2.24, 2.45) is 0 Å². The molecule has 0 aliphatic carbocycles. The van der Waals surface area contributed by atoms with Gasteiger partial charge in [0, 0.05) is 6.20 Å². The summed E-state index contributed by atoms with van der Waals surface area (Å²) >= 11 is 0. The maximum atomic E-state index is 8.48. The fourth-order valence-corrected chi connectivity index (χ4v) is 0.492. The maximum absolute atomic E-state index is 8.48. The molecule has 0 bridgehead atoms. The van der Waals surface area contributed by atoms with E-state index in [1.165, 1.54) is 0 Å². The summed E-state index contributed by atoms with van der Waals surface area (Å²) in [5.74, 6) is 0. The van der Waals surface area contributed by atoms with E-state index in [9.17, 15) is 0 Å². The maximum Gasteiger partial charge on any atom is 0.0852 e. The molecule has 1 aromatic heterocycles. The topological polar surface area (TPSA) is 33.1 Å². The highest BCUT2D eigenvalue weighted by Crippen LogP contribution is 1.89. The number of rotatable bonds is 1. The van der Waals surface area contributed by atoms with Crippen LogP contribution in [-0.2, 0) is 6.61 Å². The average molecular weight is 137 g/mol. The molecule has 2 nitrogen and oxygen atoms in total. The van der Waals surface area contributed by atoms with Crippen molar-refractivity contribution >= 4 is 0 Å². The predicted molar refractivity (Wildman–Crippen MR) is 41.4 cm³/mol. The Bertz CT molecular complexity index is 162. The lowest BCUT2D eigenvalue weighted by Gasteiger charge is -1.88. The number of hydrogen-bond acceptors (Lipinski definition) is 2. The normalized spacial score (nSPS) is 7.70. The number of aliphatic hydroxyl groups is 1. The standard InChI is InChI=1S/C6H7NO.C2H4/c8-5-6-3-1-2-4-7-6;1-2/h1-4,8H,5H2;1-2H2. The summed E-state index contributed by atoms with van der Waals surface area (Å²) in [5, 5.41) is 8.48. The van der Waals surface area contributed by atoms with Gasteiger partial charge in [0.1, 0.15) is 0 Å². The monoisotopic (exact) mass is 137 g/mol. The third-order valence-corrected chi connectivity index (χ3v) is 0.888. The Kier molecular flexibility index (Phi) is 5.29. The quantitative estimate of drug-likeness (QED) is 0.593. The van der Waals surface area contributed by atoms with E-state index in [4.69, 9.17) is 5.11 Å². The summed E-state index contributed by atoms with van der Waals surface area (Å²) in [5.41, 5.74) is 0.715. The second kappa shape index (κ2) is 5.98. The molecule has 0 atom stereocenters. The molecule has 0 saturated heterocycles. The van der Waals surface area contributed by atoms with Crippen LogP contribution in [0.15, 0.2) is 37.6 Å². The lowest BCUT2D eigenvalue weighted by molar-refractivity contribution is 0.277. The first-order valence-corrected chi connectivity index (χ1v) is 2.94. The van der Waals surface area contributed by atoms with Crippen molar-refractivity contribution in [1.29, 1.82) is 0 Å². The van der Waals surface area contributed by atoms with Crippen molar-refractivity contribution in [2.75, 3.05) is 0 Å². The van der Waals surface area contributed by atoms with Crippen LogP contribution in [0.5, 0.6) is 0 Å². The summed E-state index contributed by atoms with van der Waals surface area (Å²) in [4.78, 5) is 3.85. The molecule has 1 aromatic rings. The Labute approximate surface area is 60.9 Å². The van der Waals surface area contributed by atoms with Crippen LogP contribution in [0.1, 0.15) is 5.69 Å². The molecule has 0 aliphatic heterocycles. The van der Waals surface area contributed by atoms with E-state index in [-0.39, 0.29) is 6.61 Å². The van der Waals surface area contributed by atoms with E-state index in [0.29, 0.717) is 5.69 Å². The fourth-order valence-electron chi connectivity index (χ4n) is 0.492. The van der Waals surface area contributed by atoms with Gasteiger partial charge in [0.15, 0.2) is 0 Å². The number of pyridine rings is 1. The van der Waals surface area contributed by atoms with Crippen LogP contribution in [0.25, 0.3) is 0 Å². The van der Waals surface area contributed by atoms with E-state index < -0.39 is 0 Å². The second-order valence-corrected chi connectivity index (χ2v) is 1.48. The Balaban J connectivity index is 0.000000371. The van der Waals surface area contributed by atoms with Crippen molar-refractivity contribution in [3.63, 3.8) is 0 Å². The van der Waals surface area contributed by atoms with Gasteiger partial charge in [-0.15, -0.1) is 13.2 Å². The fraction of sp³-hybridized carbons (Fsp3) is 0.125. The third-order valence-electron chi connectivity index (χ3n) is 0.888. The lowest BCUT2D eigenvalue weighted by Crippen LogP contribution is -1.84. The van der Waals surface area contributed by atoms with Gasteiger partial charge >= 0.3 is 0 Å². The van der Waals surface area contributed by atoms with E-state index in [1.54, 1.807) is 12.3 Å². The minimum Gasteiger partial charge on any atom is -0.390 e. The molecule has 1 N–H and O–H groups in total. The SMILES string of the molecule is C=C.OCc1ccccn1. The second-order valence-electron chi connectivity index (χ2n) is 1.48. The van der Waals surface area contributed by atoms with Gasteiger partial charge in [-0.3, -0.25) is 4.98 Å². The summed E-state index contributed by atoms with van der Waals surface area (Å²) in [6.07, 6.45) is 1.66. The van der Waals surface area contributed by atoms with E-state index in [0.717, 1.165) is 0 Å². The zero-order valence-electron chi connectivity index (χ0n) is 5.83. The Morgan fingerprint density at radius 2 is 2.10 bits per heavy atom. The van der Waals surface area contributed by atoms with Crippen LogP contribution in [0.3, 0.4) is 0 Å². The molecule has 0 aromatic carbocycles. The van der Waals surface area contributed by atoms with E-state index >= 15 is 0 Å². The van der Waals surface area contributed by atoms with Crippen molar-refractivity contribution in [3.8, 4) is 0 Å². The minimum absolute atomic E-state index is 0.0286. The number of aromatic nitrogens is 1. The molecule has 1 heterocycles. The largest absolute Gasteiger partial charge is 0.390 e. The van der Waals surface area contributed by atoms with Gasteiger partial charge in [0.25, 0.3) is 0 Å². The molecule has 0 unspecified atom stereocenters. The molecule has 10 heavy (non-hydrogen) atoms. The molecule has 54 valence electrons. The molecule has 0 fully saturated rings. The molecule has 1 rings (SSSR count). The highest BCUT2D eigenvalue weighted by Gasteiger charge is 1.82.